The molecule has 0 aliphatic carbocycles. The summed E-state index contributed by atoms with van der Waals surface area (Å²) >= 11 is 4.31. The Hall–Kier alpha value is -8.13. The molecule has 0 aliphatic rings. The van der Waals surface area contributed by atoms with Gasteiger partial charge in [0.2, 0.25) is 0 Å². The molecule has 0 atom stereocenters. The Kier molecular flexibility index (Phi) is 20.7. The maximum absolute atomic E-state index is 2.24. The zero-order valence-corrected chi connectivity index (χ0v) is 49.7. The molecule has 16 rings (SSSR count). The van der Waals surface area contributed by atoms with Crippen molar-refractivity contribution < 1.29 is 64.8 Å². The van der Waals surface area contributed by atoms with Gasteiger partial charge in [0, 0.05) is 0 Å². The second kappa shape index (κ2) is 29.0. The largest absolute Gasteiger partial charge is 0.126 e. The average molecular weight is 1160 g/mol. The van der Waals surface area contributed by atoms with E-state index in [1.807, 2.05) is 24.3 Å². The van der Waals surface area contributed by atoms with Crippen LogP contribution in [0.2, 0.25) is 0 Å². The van der Waals surface area contributed by atoms with Crippen LogP contribution < -0.4 is 24.8 Å². The van der Waals surface area contributed by atoms with E-state index >= 15 is 0 Å². The third-order valence-electron chi connectivity index (χ3n) is 14.3. The van der Waals surface area contributed by atoms with Crippen molar-refractivity contribution in [2.24, 2.45) is 0 Å². The molecule has 392 valence electrons. The first-order valence-electron chi connectivity index (χ1n) is 27.1. The van der Waals surface area contributed by atoms with Crippen LogP contribution in [0.15, 0.2) is 340 Å². The van der Waals surface area contributed by atoms with E-state index in [2.05, 4.69) is 355 Å². The molecule has 0 fully saturated rings. The molecule has 0 radical (unpaired) electrons. The van der Waals surface area contributed by atoms with Crippen LogP contribution in [0.4, 0.5) is 0 Å². The van der Waals surface area contributed by atoms with E-state index < -0.39 is 0 Å². The van der Waals surface area contributed by atoms with Crippen molar-refractivity contribution in [3.63, 3.8) is 0 Å². The van der Waals surface area contributed by atoms with E-state index in [9.17, 15) is 0 Å². The van der Waals surface area contributed by atoms with Crippen LogP contribution in [0.3, 0.4) is 0 Å². The minimum absolute atomic E-state index is 0. The molecule has 0 aromatic heterocycles. The first kappa shape index (κ1) is 58.5. The number of hydrogen-bond acceptors (Lipinski definition) is 0. The zero-order valence-electron chi connectivity index (χ0n) is 45.1. The topological polar surface area (TPSA) is 0 Å². The van der Waals surface area contributed by atoms with Crippen LogP contribution in [0, 0.1) is 0 Å². The first-order valence-corrected chi connectivity index (χ1v) is 28.6. The maximum Gasteiger partial charge on any atom is -0.0771 e. The summed E-state index contributed by atoms with van der Waals surface area (Å²) in [5, 5.41) is 21.6. The second-order valence-electron chi connectivity index (χ2n) is 19.5. The van der Waals surface area contributed by atoms with Crippen LogP contribution >= 0.6 is 0 Å². The Labute approximate surface area is 516 Å². The second-order valence-corrected chi connectivity index (χ2v) is 21.1. The Balaban J connectivity index is 0.000000118. The third-order valence-corrected chi connectivity index (χ3v) is 16.1. The van der Waals surface area contributed by atoms with E-state index in [0.29, 0.717) is 0 Å². The summed E-state index contributed by atoms with van der Waals surface area (Å²) in [6, 6.07) is 119. The number of fused-ring (bicyclic) bond motifs is 12. The number of rotatable bonds is 4. The van der Waals surface area contributed by atoms with Gasteiger partial charge >= 0.3 is 191 Å². The van der Waals surface area contributed by atoms with Crippen molar-refractivity contribution in [2.75, 3.05) is 0 Å². The molecule has 0 aliphatic heterocycles. The standard InChI is InChI=1S/4C13H9.2C13H10.2ClH.2Ti/c4*1-3-7-12-10(5-1)9-11-6-2-4-8-13(11)12;2*1-3-7-12(8-4-1)11-13-9-5-2-6-10-13;;;;/h4*1-9H;2*1-10H;2*1H;;/q4*-1;;;;;2*+2/p-2. The van der Waals surface area contributed by atoms with E-state index in [1.165, 1.54) is 116 Å². The quantitative estimate of drug-likeness (QED) is 0.122. The van der Waals surface area contributed by atoms with Crippen LogP contribution in [0.1, 0.15) is 22.3 Å². The molecule has 0 saturated heterocycles. The summed E-state index contributed by atoms with van der Waals surface area (Å²) in [7, 11) is 0. The molecule has 82 heavy (non-hydrogen) atoms. The number of hydrogen-bond donors (Lipinski definition) is 0. The Bertz CT molecular complexity index is 3830. The predicted molar refractivity (Wildman–Crippen MR) is 340 cm³/mol. The fourth-order valence-corrected chi connectivity index (χ4v) is 11.4. The van der Waals surface area contributed by atoms with Crippen molar-refractivity contribution in [1.29, 1.82) is 0 Å². The van der Waals surface area contributed by atoms with Crippen molar-refractivity contribution in [2.45, 2.75) is 0 Å². The van der Waals surface area contributed by atoms with Gasteiger partial charge in [0.1, 0.15) is 0 Å². The Morgan fingerprint density at radius 1 is 0.171 bits per heavy atom. The van der Waals surface area contributed by atoms with Gasteiger partial charge in [-0.3, -0.25) is 0 Å². The van der Waals surface area contributed by atoms with Crippen molar-refractivity contribution in [3.8, 4) is 0 Å². The van der Waals surface area contributed by atoms with Gasteiger partial charge < -0.3 is 24.8 Å². The van der Waals surface area contributed by atoms with Gasteiger partial charge in [0.15, 0.2) is 0 Å². The monoisotopic (exact) mass is 1160 g/mol. The average Bonchev–Trinajstić information content (AvgIpc) is 4.41. The maximum atomic E-state index is 2.24. The van der Waals surface area contributed by atoms with E-state index in [1.54, 1.807) is 0 Å². The molecule has 16 aromatic carbocycles. The van der Waals surface area contributed by atoms with Gasteiger partial charge in [-0.25, -0.2) is 0 Å². The SMILES string of the molecule is [Cl-].[Cl-].[Ti+2]=[C](c1ccccc1)c1ccccc1.[Ti+2]=[C](c1ccccc1)c1ccccc1.c1ccc2c(c1)[cH-]c1ccccc12.c1ccc2c(c1)[cH-]c1ccccc12.c1ccc2c(c1)[cH-]c1ccccc12.c1ccc2c(c1)[cH-]c1ccccc12. The molecule has 0 unspecified atom stereocenters. The van der Waals surface area contributed by atoms with E-state index in [0.717, 1.165) is 0 Å². The van der Waals surface area contributed by atoms with Crippen molar-refractivity contribution in [3.05, 3.63) is 362 Å². The molecule has 16 aromatic rings. The van der Waals surface area contributed by atoms with Crippen LogP contribution in [-0.4, -0.2) is 7.62 Å². The van der Waals surface area contributed by atoms with Crippen LogP contribution in [0.25, 0.3) is 86.2 Å². The molecule has 0 bridgehead atoms. The summed E-state index contributed by atoms with van der Waals surface area (Å²) in [6.45, 7) is 0. The molecular formula is C78H56Cl2Ti2-2. The third kappa shape index (κ3) is 14.1. The molecule has 0 nitrogen and oxygen atoms in total. The molecule has 0 spiro atoms. The van der Waals surface area contributed by atoms with Gasteiger partial charge in [-0.05, 0) is 0 Å². The van der Waals surface area contributed by atoms with Gasteiger partial charge in [-0.2, -0.15) is 0 Å². The molecule has 0 saturated carbocycles. The van der Waals surface area contributed by atoms with Crippen molar-refractivity contribution in [1.82, 2.24) is 0 Å². The van der Waals surface area contributed by atoms with Crippen LogP contribution in [-0.2, 0) is 39.9 Å². The van der Waals surface area contributed by atoms with E-state index in [4.69, 9.17) is 0 Å². The fourth-order valence-electron chi connectivity index (χ4n) is 10.4. The normalized spacial score (nSPS) is 10.4. The first-order chi connectivity index (χ1) is 39.6. The summed E-state index contributed by atoms with van der Waals surface area (Å²) in [4.78, 5) is 0. The number of halogens is 2. The zero-order chi connectivity index (χ0) is 54.3. The van der Waals surface area contributed by atoms with Crippen LogP contribution in [0.5, 0.6) is 0 Å². The minimum Gasteiger partial charge on any atom is -0.126 e. The minimum atomic E-state index is 0. The van der Waals surface area contributed by atoms with Gasteiger partial charge in [-0.1, -0.05) is 146 Å². The predicted octanol–water partition coefficient (Wildman–Crippen LogP) is 14.5. The summed E-state index contributed by atoms with van der Waals surface area (Å²) < 4.78 is 2.65. The summed E-state index contributed by atoms with van der Waals surface area (Å²) in [6.07, 6.45) is 0. The molecule has 0 amide bonds. The van der Waals surface area contributed by atoms with Gasteiger partial charge in [0.25, 0.3) is 0 Å². The molecule has 4 heteroatoms. The summed E-state index contributed by atoms with van der Waals surface area (Å²) in [5.41, 5.74) is 5.16. The van der Waals surface area contributed by atoms with Gasteiger partial charge in [-0.15, -0.1) is 159 Å². The summed E-state index contributed by atoms with van der Waals surface area (Å²) in [5.74, 6) is 0. The van der Waals surface area contributed by atoms with E-state index in [-0.39, 0.29) is 24.8 Å². The fraction of sp³-hybridized carbons (Fsp3) is 0. The Morgan fingerprint density at radius 3 is 0.439 bits per heavy atom. The smallest absolute Gasteiger partial charge is 0.0771 e. The molecular weight excluding hydrogens is 1100 g/mol. The van der Waals surface area contributed by atoms with Gasteiger partial charge in [0.05, 0.1) is 0 Å². The van der Waals surface area contributed by atoms with Crippen molar-refractivity contribution >= 4 is 93.8 Å². The molecule has 0 N–H and O–H groups in total. The Morgan fingerprint density at radius 2 is 0.293 bits per heavy atom. The molecule has 0 heterocycles. The number of benzene rings is 12.